The normalized spacial score (nSPS) is 11.3. The Morgan fingerprint density at radius 2 is 1.91 bits per heavy atom. The lowest BCUT2D eigenvalue weighted by Gasteiger charge is -2.17. The molecule has 0 fully saturated rings. The molecular formula is C15H23N3O4. The molecule has 0 bridgehead atoms. The van der Waals surface area contributed by atoms with Crippen LogP contribution in [0.4, 0.5) is 0 Å². The first kappa shape index (κ1) is 17.9. The van der Waals surface area contributed by atoms with Crippen LogP contribution in [0.1, 0.15) is 31.5 Å². The first-order chi connectivity index (χ1) is 10.5. The molecule has 22 heavy (non-hydrogen) atoms. The third kappa shape index (κ3) is 5.69. The first-order valence-electron chi connectivity index (χ1n) is 7.38. The van der Waals surface area contributed by atoms with E-state index in [0.717, 1.165) is 26.1 Å². The third-order valence-corrected chi connectivity index (χ3v) is 3.32. The molecule has 7 nitrogen and oxygen atoms in total. The monoisotopic (exact) mass is 309 g/mol. The van der Waals surface area contributed by atoms with Crippen LogP contribution in [-0.4, -0.2) is 47.1 Å². The van der Waals surface area contributed by atoms with E-state index in [9.17, 15) is 14.4 Å². The average molecular weight is 309 g/mol. The van der Waals surface area contributed by atoms with Crippen LogP contribution < -0.4 is 11.2 Å². The molecular weight excluding hydrogens is 286 g/mol. The maximum atomic E-state index is 11.6. The van der Waals surface area contributed by atoms with Crippen molar-refractivity contribution in [2.45, 2.75) is 27.2 Å². The molecule has 122 valence electrons. The van der Waals surface area contributed by atoms with Gasteiger partial charge in [-0.15, -0.1) is 0 Å². The van der Waals surface area contributed by atoms with E-state index >= 15 is 0 Å². The lowest BCUT2D eigenvalue weighted by Crippen LogP contribution is -2.25. The molecule has 1 rings (SSSR count). The highest BCUT2D eigenvalue weighted by Gasteiger charge is 2.04. The van der Waals surface area contributed by atoms with E-state index < -0.39 is 17.2 Å². The van der Waals surface area contributed by atoms with Gasteiger partial charge < -0.3 is 14.6 Å². The zero-order chi connectivity index (χ0) is 16.5. The highest BCUT2D eigenvalue weighted by Crippen LogP contribution is 1.99. The smallest absolute Gasteiger partial charge is 0.330 e. The molecule has 1 aromatic rings. The van der Waals surface area contributed by atoms with E-state index in [1.165, 1.54) is 12.2 Å². The van der Waals surface area contributed by atoms with Gasteiger partial charge in [-0.3, -0.25) is 9.78 Å². The van der Waals surface area contributed by atoms with Crippen molar-refractivity contribution in [3.05, 3.63) is 38.2 Å². The molecule has 2 N–H and O–H groups in total. The number of carbonyl (C=O) groups is 1. The number of nitrogens with one attached hydrogen (secondary N) is 2. The largest absolute Gasteiger partial charge is 0.462 e. The van der Waals surface area contributed by atoms with Gasteiger partial charge in [0, 0.05) is 18.3 Å². The number of aromatic amines is 2. The Hall–Kier alpha value is -2.15. The van der Waals surface area contributed by atoms with E-state index in [-0.39, 0.29) is 5.56 Å². The highest BCUT2D eigenvalue weighted by molar-refractivity contribution is 5.87. The zero-order valence-corrected chi connectivity index (χ0v) is 13.3. The van der Waals surface area contributed by atoms with Gasteiger partial charge >= 0.3 is 11.7 Å². The molecule has 0 aromatic carbocycles. The van der Waals surface area contributed by atoms with Crippen molar-refractivity contribution in [3.63, 3.8) is 0 Å². The van der Waals surface area contributed by atoms with E-state index in [1.54, 1.807) is 6.92 Å². The number of carbonyl (C=O) groups excluding carboxylic acids is 1. The van der Waals surface area contributed by atoms with Gasteiger partial charge in [0.2, 0.25) is 0 Å². The lowest BCUT2D eigenvalue weighted by atomic mass is 10.2. The Balaban J connectivity index is 2.49. The topological polar surface area (TPSA) is 95.3 Å². The van der Waals surface area contributed by atoms with Crippen molar-refractivity contribution in [1.82, 2.24) is 14.9 Å². The molecule has 0 radical (unpaired) electrons. The summed E-state index contributed by atoms with van der Waals surface area (Å²) in [5, 5.41) is 0. The molecule has 1 heterocycles. The number of ether oxygens (including phenoxy) is 1. The molecule has 0 atom stereocenters. The van der Waals surface area contributed by atoms with Crippen LogP contribution >= 0.6 is 0 Å². The minimum atomic E-state index is -0.571. The SMILES string of the molecule is CCN(CC)CCCOC(=O)C=Cc1c(C)[nH]c(=O)[nH]c1=O. The van der Waals surface area contributed by atoms with Crippen LogP contribution in [-0.2, 0) is 9.53 Å². The lowest BCUT2D eigenvalue weighted by molar-refractivity contribution is -0.137. The molecule has 0 aliphatic carbocycles. The fourth-order valence-corrected chi connectivity index (χ4v) is 2.01. The van der Waals surface area contributed by atoms with Crippen LogP contribution in [0.15, 0.2) is 15.7 Å². The Kier molecular flexibility index (Phi) is 7.31. The van der Waals surface area contributed by atoms with Crippen molar-refractivity contribution in [1.29, 1.82) is 0 Å². The summed E-state index contributed by atoms with van der Waals surface area (Å²) in [5.41, 5.74) is -0.468. The summed E-state index contributed by atoms with van der Waals surface area (Å²) in [7, 11) is 0. The number of esters is 1. The van der Waals surface area contributed by atoms with E-state index in [4.69, 9.17) is 4.74 Å². The summed E-state index contributed by atoms with van der Waals surface area (Å²) in [6, 6.07) is 0. The summed E-state index contributed by atoms with van der Waals surface area (Å²) >= 11 is 0. The van der Waals surface area contributed by atoms with Crippen molar-refractivity contribution in [2.75, 3.05) is 26.2 Å². The second-order valence-electron chi connectivity index (χ2n) is 4.83. The molecule has 7 heteroatoms. The molecule has 0 amide bonds. The third-order valence-electron chi connectivity index (χ3n) is 3.32. The minimum Gasteiger partial charge on any atom is -0.462 e. The van der Waals surface area contributed by atoms with Crippen molar-refractivity contribution in [3.8, 4) is 0 Å². The Labute approximate surface area is 129 Å². The van der Waals surface area contributed by atoms with Gasteiger partial charge in [-0.2, -0.15) is 0 Å². The van der Waals surface area contributed by atoms with Crippen LogP contribution in [0, 0.1) is 6.92 Å². The molecule has 0 unspecified atom stereocenters. The Bertz CT molecular complexity index is 626. The maximum Gasteiger partial charge on any atom is 0.330 e. The van der Waals surface area contributed by atoms with Gasteiger partial charge in [-0.25, -0.2) is 9.59 Å². The van der Waals surface area contributed by atoms with Crippen molar-refractivity contribution in [2.24, 2.45) is 0 Å². The van der Waals surface area contributed by atoms with Crippen LogP contribution in [0.3, 0.4) is 0 Å². The molecule has 0 saturated heterocycles. The van der Waals surface area contributed by atoms with Gasteiger partial charge in [-0.05, 0) is 32.5 Å². The molecule has 1 aromatic heterocycles. The summed E-state index contributed by atoms with van der Waals surface area (Å²) in [6.45, 7) is 8.91. The average Bonchev–Trinajstić information content (AvgIpc) is 2.46. The number of aryl methyl sites for hydroxylation is 1. The van der Waals surface area contributed by atoms with Crippen LogP contribution in [0.25, 0.3) is 6.08 Å². The number of hydrogen-bond acceptors (Lipinski definition) is 5. The summed E-state index contributed by atoms with van der Waals surface area (Å²) < 4.78 is 5.07. The van der Waals surface area contributed by atoms with Gasteiger partial charge in [0.25, 0.3) is 5.56 Å². The van der Waals surface area contributed by atoms with Gasteiger partial charge in [0.1, 0.15) is 0 Å². The summed E-state index contributed by atoms with van der Waals surface area (Å²) in [4.78, 5) is 41.0. The molecule has 0 aliphatic heterocycles. The van der Waals surface area contributed by atoms with E-state index in [1.807, 2.05) is 0 Å². The minimum absolute atomic E-state index is 0.236. The van der Waals surface area contributed by atoms with E-state index in [0.29, 0.717) is 12.3 Å². The van der Waals surface area contributed by atoms with Gasteiger partial charge in [0.15, 0.2) is 0 Å². The quantitative estimate of drug-likeness (QED) is 0.418. The number of H-pyrrole nitrogens is 2. The van der Waals surface area contributed by atoms with E-state index in [2.05, 4.69) is 28.7 Å². The van der Waals surface area contributed by atoms with Crippen molar-refractivity contribution >= 4 is 12.0 Å². The van der Waals surface area contributed by atoms with Crippen LogP contribution in [0.2, 0.25) is 0 Å². The zero-order valence-electron chi connectivity index (χ0n) is 13.3. The standard InChI is InChI=1S/C15H23N3O4/c1-4-18(5-2)9-6-10-22-13(19)8-7-12-11(3)16-15(21)17-14(12)20/h7-8H,4-6,9-10H2,1-3H3,(H2,16,17,20,21). The maximum absolute atomic E-state index is 11.6. The predicted molar refractivity (Wildman–Crippen MR) is 84.8 cm³/mol. The number of aromatic nitrogens is 2. The second kappa shape index (κ2) is 8.99. The Morgan fingerprint density at radius 1 is 1.23 bits per heavy atom. The fourth-order valence-electron chi connectivity index (χ4n) is 2.01. The number of hydrogen-bond donors (Lipinski definition) is 2. The molecule has 0 saturated carbocycles. The van der Waals surface area contributed by atoms with Crippen LogP contribution in [0.5, 0.6) is 0 Å². The fraction of sp³-hybridized carbons (Fsp3) is 0.533. The molecule has 0 aliphatic rings. The van der Waals surface area contributed by atoms with Crippen molar-refractivity contribution < 1.29 is 9.53 Å². The van der Waals surface area contributed by atoms with Gasteiger partial charge in [0.05, 0.1) is 12.2 Å². The number of rotatable bonds is 8. The first-order valence-corrected chi connectivity index (χ1v) is 7.38. The summed E-state index contributed by atoms with van der Waals surface area (Å²) in [6.07, 6.45) is 3.30. The highest BCUT2D eigenvalue weighted by atomic mass is 16.5. The predicted octanol–water partition coefficient (Wildman–Crippen LogP) is 0.660. The Morgan fingerprint density at radius 3 is 2.50 bits per heavy atom. The second-order valence-corrected chi connectivity index (χ2v) is 4.83. The summed E-state index contributed by atoms with van der Waals surface area (Å²) in [5.74, 6) is -0.510. The van der Waals surface area contributed by atoms with Gasteiger partial charge in [-0.1, -0.05) is 13.8 Å². The number of nitrogens with zero attached hydrogens (tertiary/aromatic N) is 1. The molecule has 0 spiro atoms.